The summed E-state index contributed by atoms with van der Waals surface area (Å²) in [7, 11) is 1.64. The highest BCUT2D eigenvalue weighted by molar-refractivity contribution is 5.66. The third-order valence-electron chi connectivity index (χ3n) is 5.00. The van der Waals surface area contributed by atoms with Crippen LogP contribution in [0.15, 0.2) is 24.3 Å². The van der Waals surface area contributed by atoms with E-state index in [4.69, 9.17) is 33.2 Å². The van der Waals surface area contributed by atoms with Gasteiger partial charge in [0.2, 0.25) is 0 Å². The van der Waals surface area contributed by atoms with Crippen molar-refractivity contribution in [1.29, 1.82) is 0 Å². The summed E-state index contributed by atoms with van der Waals surface area (Å²) in [5.74, 6) is 0.754. The van der Waals surface area contributed by atoms with Gasteiger partial charge in [0.25, 0.3) is 0 Å². The molecule has 1 N–H and O–H groups in total. The van der Waals surface area contributed by atoms with Crippen molar-refractivity contribution in [2.24, 2.45) is 0 Å². The Morgan fingerprint density at radius 1 is 0.722 bits per heavy atom. The summed E-state index contributed by atoms with van der Waals surface area (Å²) >= 11 is 0. The number of carbonyl (C=O) groups is 1. The van der Waals surface area contributed by atoms with Crippen molar-refractivity contribution in [3.63, 3.8) is 0 Å². The maximum atomic E-state index is 11.4. The van der Waals surface area contributed by atoms with Crippen molar-refractivity contribution in [2.45, 2.75) is 32.7 Å². The number of nitrogens with zero attached hydrogens (tertiary/aromatic N) is 1. The van der Waals surface area contributed by atoms with Crippen LogP contribution in [-0.4, -0.2) is 115 Å². The third-order valence-corrected chi connectivity index (χ3v) is 5.00. The Morgan fingerprint density at radius 2 is 1.14 bits per heavy atom. The average Bonchev–Trinajstić information content (AvgIpc) is 2.83. The van der Waals surface area contributed by atoms with Gasteiger partial charge >= 0.3 is 6.09 Å². The van der Waals surface area contributed by atoms with E-state index in [1.165, 1.54) is 4.90 Å². The van der Waals surface area contributed by atoms with Crippen LogP contribution < -0.4 is 4.74 Å². The van der Waals surface area contributed by atoms with E-state index < -0.39 is 11.6 Å². The van der Waals surface area contributed by atoms with Crippen LogP contribution >= 0.6 is 0 Å². The maximum Gasteiger partial charge on any atom is 0.407 e. The van der Waals surface area contributed by atoms with Crippen LogP contribution in [0.2, 0.25) is 0 Å². The number of methoxy groups -OCH3 is 1. The van der Waals surface area contributed by atoms with Gasteiger partial charge in [0.15, 0.2) is 0 Å². The van der Waals surface area contributed by atoms with Gasteiger partial charge in [-0.3, -0.25) is 0 Å². The highest BCUT2D eigenvalue weighted by Crippen LogP contribution is 2.16. The number of amides is 1. The molecule has 0 bridgehead atoms. The van der Waals surface area contributed by atoms with E-state index in [9.17, 15) is 9.90 Å². The van der Waals surface area contributed by atoms with Crippen molar-refractivity contribution < 1.29 is 43.1 Å². The fourth-order valence-corrected chi connectivity index (χ4v) is 3.05. The van der Waals surface area contributed by atoms with Crippen molar-refractivity contribution >= 4 is 6.09 Å². The summed E-state index contributed by atoms with van der Waals surface area (Å²) < 4.78 is 37.7. The van der Waals surface area contributed by atoms with Crippen molar-refractivity contribution in [3.8, 4) is 5.75 Å². The predicted octanol–water partition coefficient (Wildman–Crippen LogP) is 3.12. The lowest BCUT2D eigenvalue weighted by Gasteiger charge is -2.33. The predicted molar refractivity (Wildman–Crippen MR) is 136 cm³/mol. The molecule has 0 atom stereocenters. The minimum Gasteiger partial charge on any atom is -0.491 e. The van der Waals surface area contributed by atoms with Crippen molar-refractivity contribution in [1.82, 2.24) is 4.90 Å². The minimum absolute atomic E-state index is 0.427. The Balaban J connectivity index is 1.94. The number of hydrogen-bond donors (Lipinski definition) is 1. The molecular formula is C26H45NO9. The standard InChI is InChI=1S/C26H45NO9/c1-26(2,3)27(25(28)29)10-9-23-5-7-24(8-6-23)36-22-21-35-20-19-34-18-17-33-16-15-32-14-13-31-12-11-30-4/h5-8H,9-22H2,1-4H3,(H,28,29). The summed E-state index contributed by atoms with van der Waals surface area (Å²) in [6.07, 6.45) is -0.254. The molecule has 36 heavy (non-hydrogen) atoms. The van der Waals surface area contributed by atoms with Gasteiger partial charge in [0.05, 0.1) is 72.7 Å². The molecule has 0 unspecified atom stereocenters. The van der Waals surface area contributed by atoms with Gasteiger partial charge in [0, 0.05) is 19.2 Å². The van der Waals surface area contributed by atoms with Crippen LogP contribution in [0.3, 0.4) is 0 Å². The molecule has 10 heteroatoms. The molecule has 0 spiro atoms. The molecule has 0 aromatic heterocycles. The van der Waals surface area contributed by atoms with Gasteiger partial charge in [-0.25, -0.2) is 4.79 Å². The van der Waals surface area contributed by atoms with Crippen LogP contribution in [0.25, 0.3) is 0 Å². The summed E-state index contributed by atoms with van der Waals surface area (Å²) in [6, 6.07) is 7.70. The van der Waals surface area contributed by atoms with Gasteiger partial charge in [-0.1, -0.05) is 12.1 Å². The second-order valence-corrected chi connectivity index (χ2v) is 8.90. The molecule has 0 heterocycles. The first-order valence-electron chi connectivity index (χ1n) is 12.4. The van der Waals surface area contributed by atoms with Crippen molar-refractivity contribution in [3.05, 3.63) is 29.8 Å². The fourth-order valence-electron chi connectivity index (χ4n) is 3.05. The van der Waals surface area contributed by atoms with E-state index >= 15 is 0 Å². The molecular weight excluding hydrogens is 470 g/mol. The molecule has 208 valence electrons. The number of benzene rings is 1. The van der Waals surface area contributed by atoms with E-state index in [-0.39, 0.29) is 0 Å². The van der Waals surface area contributed by atoms with Gasteiger partial charge < -0.3 is 43.2 Å². The lowest BCUT2D eigenvalue weighted by Crippen LogP contribution is -2.45. The van der Waals surface area contributed by atoms with Gasteiger partial charge in [-0.2, -0.15) is 0 Å². The van der Waals surface area contributed by atoms with Crippen LogP contribution in [-0.2, 0) is 34.8 Å². The quantitative estimate of drug-likeness (QED) is 0.233. The molecule has 1 amide bonds. The molecule has 0 radical (unpaired) electrons. The Labute approximate surface area is 215 Å². The zero-order valence-electron chi connectivity index (χ0n) is 22.4. The molecule has 0 aliphatic carbocycles. The lowest BCUT2D eigenvalue weighted by atomic mass is 10.1. The van der Waals surface area contributed by atoms with Crippen LogP contribution in [0, 0.1) is 0 Å². The Morgan fingerprint density at radius 3 is 1.53 bits per heavy atom. The largest absolute Gasteiger partial charge is 0.491 e. The average molecular weight is 516 g/mol. The minimum atomic E-state index is -0.904. The summed E-state index contributed by atoms with van der Waals surface area (Å²) in [4.78, 5) is 12.9. The van der Waals surface area contributed by atoms with E-state index in [1.807, 2.05) is 45.0 Å². The third kappa shape index (κ3) is 16.7. The Hall–Kier alpha value is -1.95. The molecule has 0 aliphatic heterocycles. The van der Waals surface area contributed by atoms with Gasteiger partial charge in [-0.15, -0.1) is 0 Å². The molecule has 1 aromatic rings. The van der Waals surface area contributed by atoms with E-state index in [1.54, 1.807) is 7.11 Å². The second kappa shape index (κ2) is 20.1. The van der Waals surface area contributed by atoms with Crippen LogP contribution in [0.5, 0.6) is 5.75 Å². The molecule has 1 aromatic carbocycles. The molecule has 0 saturated carbocycles. The SMILES string of the molecule is COCCOCCOCCOCCOCCOCCOc1ccc(CCN(C(=O)O)C(C)(C)C)cc1. The zero-order valence-corrected chi connectivity index (χ0v) is 22.4. The van der Waals surface area contributed by atoms with Crippen molar-refractivity contribution in [2.75, 3.05) is 92.9 Å². The van der Waals surface area contributed by atoms with Gasteiger partial charge in [-0.05, 0) is 44.9 Å². The first kappa shape index (κ1) is 32.1. The number of carboxylic acid groups (broad SMARTS) is 1. The zero-order chi connectivity index (χ0) is 26.5. The maximum absolute atomic E-state index is 11.4. The van der Waals surface area contributed by atoms with E-state index in [0.29, 0.717) is 92.2 Å². The smallest absolute Gasteiger partial charge is 0.407 e. The molecule has 0 fully saturated rings. The molecule has 1 rings (SSSR count). The summed E-state index contributed by atoms with van der Waals surface area (Å²) in [5.41, 5.74) is 0.634. The van der Waals surface area contributed by atoms with Crippen LogP contribution in [0.1, 0.15) is 26.3 Å². The first-order valence-corrected chi connectivity index (χ1v) is 12.4. The topological polar surface area (TPSA) is 105 Å². The fraction of sp³-hybridized carbons (Fsp3) is 0.731. The highest BCUT2D eigenvalue weighted by Gasteiger charge is 2.25. The van der Waals surface area contributed by atoms with Gasteiger partial charge in [0.1, 0.15) is 12.4 Å². The summed E-state index contributed by atoms with van der Waals surface area (Å²) in [6.45, 7) is 12.3. The number of hydrogen-bond acceptors (Lipinski definition) is 8. The molecule has 0 saturated heterocycles. The normalized spacial score (nSPS) is 11.6. The second-order valence-electron chi connectivity index (χ2n) is 8.90. The highest BCUT2D eigenvalue weighted by atomic mass is 16.6. The Kier molecular flexibility index (Phi) is 18.0. The van der Waals surface area contributed by atoms with E-state index in [0.717, 1.165) is 11.3 Å². The monoisotopic (exact) mass is 515 g/mol. The summed E-state index contributed by atoms with van der Waals surface area (Å²) in [5, 5.41) is 9.38. The van der Waals surface area contributed by atoms with Crippen LogP contribution in [0.4, 0.5) is 4.79 Å². The first-order chi connectivity index (χ1) is 17.3. The number of rotatable bonds is 22. The molecule has 10 nitrogen and oxygen atoms in total. The number of ether oxygens (including phenoxy) is 7. The van der Waals surface area contributed by atoms with E-state index in [2.05, 4.69) is 0 Å². The Bertz CT molecular complexity index is 664. The lowest BCUT2D eigenvalue weighted by molar-refractivity contribution is -0.0159. The molecule has 0 aliphatic rings.